The van der Waals surface area contributed by atoms with Crippen LogP contribution in [0.3, 0.4) is 0 Å². The highest BCUT2D eigenvalue weighted by atomic mass is 16.5. The molecule has 0 aliphatic carbocycles. The van der Waals surface area contributed by atoms with Gasteiger partial charge in [0.15, 0.2) is 0 Å². The van der Waals surface area contributed by atoms with E-state index in [0.29, 0.717) is 19.5 Å². The molecule has 5 heteroatoms. The van der Waals surface area contributed by atoms with Crippen molar-refractivity contribution in [1.29, 1.82) is 0 Å². The van der Waals surface area contributed by atoms with Gasteiger partial charge in [0.05, 0.1) is 13.2 Å². The zero-order chi connectivity index (χ0) is 15.7. The first-order chi connectivity index (χ1) is 10.7. The highest BCUT2D eigenvalue weighted by molar-refractivity contribution is 5.88. The molecule has 2 saturated heterocycles. The van der Waals surface area contributed by atoms with Crippen molar-refractivity contribution in [2.45, 2.75) is 25.0 Å². The van der Waals surface area contributed by atoms with E-state index in [2.05, 4.69) is 6.58 Å². The molecule has 3 atom stereocenters. The summed E-state index contributed by atoms with van der Waals surface area (Å²) in [6, 6.07) is 9.42. The predicted molar refractivity (Wildman–Crippen MR) is 82.0 cm³/mol. The highest BCUT2D eigenvalue weighted by Gasteiger charge is 2.52. The van der Waals surface area contributed by atoms with Gasteiger partial charge in [-0.05, 0) is 12.0 Å². The van der Waals surface area contributed by atoms with E-state index in [-0.39, 0.29) is 17.9 Å². The van der Waals surface area contributed by atoms with Crippen LogP contribution >= 0.6 is 0 Å². The lowest BCUT2D eigenvalue weighted by Gasteiger charge is -2.40. The van der Waals surface area contributed by atoms with Crippen molar-refractivity contribution in [1.82, 2.24) is 9.80 Å². The summed E-state index contributed by atoms with van der Waals surface area (Å²) in [7, 11) is 1.35. The molecule has 2 bridgehead atoms. The number of carbonyl (C=O) groups excluding carboxylic acids is 2. The Balaban J connectivity index is 1.83. The topological polar surface area (TPSA) is 49.9 Å². The van der Waals surface area contributed by atoms with E-state index in [1.165, 1.54) is 7.11 Å². The molecular weight excluding hydrogens is 280 g/mol. The number of hydrogen-bond acceptors (Lipinski definition) is 3. The zero-order valence-electron chi connectivity index (χ0n) is 12.6. The summed E-state index contributed by atoms with van der Waals surface area (Å²) in [6.45, 7) is 4.95. The largest absolute Gasteiger partial charge is 0.453 e. The summed E-state index contributed by atoms with van der Waals surface area (Å²) in [5.41, 5.74) is 1.09. The molecule has 2 amide bonds. The molecule has 22 heavy (non-hydrogen) atoms. The van der Waals surface area contributed by atoms with E-state index >= 15 is 0 Å². The second kappa shape index (κ2) is 5.83. The lowest BCUT2D eigenvalue weighted by Crippen LogP contribution is -2.59. The second-order valence-corrected chi connectivity index (χ2v) is 5.80. The number of ether oxygens (including phenoxy) is 1. The first kappa shape index (κ1) is 14.6. The van der Waals surface area contributed by atoms with Crippen LogP contribution in [-0.4, -0.2) is 47.5 Å². The maximum absolute atomic E-state index is 12.7. The SMILES string of the molecule is C=C[C@@H]1C[C@H]2C(=O)N(Cc3ccccc3)C[C@@H]1N2C(=O)OC. The second-order valence-electron chi connectivity index (χ2n) is 5.80. The molecule has 2 aliphatic heterocycles. The molecular formula is C17H20N2O3. The van der Waals surface area contributed by atoms with Gasteiger partial charge in [0.25, 0.3) is 0 Å². The van der Waals surface area contributed by atoms with Crippen molar-refractivity contribution < 1.29 is 14.3 Å². The molecule has 0 radical (unpaired) electrons. The summed E-state index contributed by atoms with van der Waals surface area (Å²) >= 11 is 0. The Morgan fingerprint density at radius 2 is 2.14 bits per heavy atom. The molecule has 0 spiro atoms. The van der Waals surface area contributed by atoms with Crippen LogP contribution in [0.2, 0.25) is 0 Å². The van der Waals surface area contributed by atoms with Gasteiger partial charge in [0.1, 0.15) is 6.04 Å². The van der Waals surface area contributed by atoms with Gasteiger partial charge in [-0.1, -0.05) is 36.4 Å². The van der Waals surface area contributed by atoms with Gasteiger partial charge in [0.2, 0.25) is 5.91 Å². The van der Waals surface area contributed by atoms with Crippen LogP contribution in [0.1, 0.15) is 12.0 Å². The molecule has 0 unspecified atom stereocenters. The van der Waals surface area contributed by atoms with Crippen LogP contribution in [-0.2, 0) is 16.1 Å². The normalized spacial score (nSPS) is 27.0. The van der Waals surface area contributed by atoms with Crippen LogP contribution in [0.4, 0.5) is 4.79 Å². The minimum atomic E-state index is -0.432. The van der Waals surface area contributed by atoms with Crippen LogP contribution in [0.25, 0.3) is 0 Å². The number of benzene rings is 1. The standard InChI is InChI=1S/C17H20N2O3/c1-3-13-9-14-16(20)18(10-12-7-5-4-6-8-12)11-15(13)19(14)17(21)22-2/h3-8,13-15H,1,9-11H2,2H3/t13-,14+,15+/m1/s1. The summed E-state index contributed by atoms with van der Waals surface area (Å²) in [6.07, 6.45) is 2.06. The van der Waals surface area contributed by atoms with Gasteiger partial charge in [-0.15, -0.1) is 6.58 Å². The predicted octanol–water partition coefficient (Wildman–Crippen LogP) is 2.04. The molecule has 0 N–H and O–H groups in total. The van der Waals surface area contributed by atoms with Gasteiger partial charge >= 0.3 is 6.09 Å². The third kappa shape index (κ3) is 2.36. The summed E-state index contributed by atoms with van der Waals surface area (Å²) < 4.78 is 4.85. The Morgan fingerprint density at radius 1 is 1.41 bits per heavy atom. The molecule has 1 aromatic rings. The van der Waals surface area contributed by atoms with E-state index in [4.69, 9.17) is 4.74 Å². The molecule has 2 heterocycles. The molecule has 2 fully saturated rings. The quantitative estimate of drug-likeness (QED) is 0.803. The molecule has 1 aromatic carbocycles. The molecule has 0 saturated carbocycles. The Labute approximate surface area is 130 Å². The van der Waals surface area contributed by atoms with Gasteiger partial charge in [0, 0.05) is 19.0 Å². The van der Waals surface area contributed by atoms with E-state index in [1.807, 2.05) is 41.3 Å². The molecule has 2 aliphatic rings. The Kier molecular flexibility index (Phi) is 3.88. The van der Waals surface area contributed by atoms with Gasteiger partial charge in [-0.25, -0.2) is 4.79 Å². The Morgan fingerprint density at radius 3 is 2.77 bits per heavy atom. The highest BCUT2D eigenvalue weighted by Crippen LogP contribution is 2.37. The minimum Gasteiger partial charge on any atom is -0.453 e. The van der Waals surface area contributed by atoms with Crippen molar-refractivity contribution in [3.05, 3.63) is 48.6 Å². The molecule has 3 rings (SSSR count). The summed E-state index contributed by atoms with van der Waals surface area (Å²) in [5.74, 6) is 0.128. The molecule has 116 valence electrons. The van der Waals surface area contributed by atoms with E-state index in [9.17, 15) is 9.59 Å². The fourth-order valence-electron chi connectivity index (χ4n) is 3.50. The maximum Gasteiger partial charge on any atom is 0.410 e. The Bertz CT molecular complexity index is 587. The van der Waals surface area contributed by atoms with Crippen LogP contribution in [0.5, 0.6) is 0 Å². The summed E-state index contributed by atoms with van der Waals surface area (Å²) in [5, 5.41) is 0. The molecule has 0 aromatic heterocycles. The number of carbonyl (C=O) groups is 2. The number of rotatable bonds is 3. The van der Waals surface area contributed by atoms with Gasteiger partial charge in [-0.2, -0.15) is 0 Å². The first-order valence-corrected chi connectivity index (χ1v) is 7.47. The number of likely N-dealkylation sites (tertiary alicyclic amines) is 1. The maximum atomic E-state index is 12.7. The van der Waals surface area contributed by atoms with Gasteiger partial charge in [-0.3, -0.25) is 9.69 Å². The Hall–Kier alpha value is -2.30. The lowest BCUT2D eigenvalue weighted by atomic mass is 10.0. The zero-order valence-corrected chi connectivity index (χ0v) is 12.6. The van der Waals surface area contributed by atoms with Crippen molar-refractivity contribution in [2.24, 2.45) is 5.92 Å². The number of piperazine rings is 1. The van der Waals surface area contributed by atoms with Gasteiger partial charge < -0.3 is 9.64 Å². The third-order valence-electron chi connectivity index (χ3n) is 4.59. The van der Waals surface area contributed by atoms with Crippen molar-refractivity contribution in [3.63, 3.8) is 0 Å². The van der Waals surface area contributed by atoms with E-state index in [1.54, 1.807) is 4.90 Å². The van der Waals surface area contributed by atoms with Crippen LogP contribution in [0.15, 0.2) is 43.0 Å². The van der Waals surface area contributed by atoms with E-state index in [0.717, 1.165) is 5.56 Å². The van der Waals surface area contributed by atoms with Crippen molar-refractivity contribution >= 4 is 12.0 Å². The molecule has 5 nitrogen and oxygen atoms in total. The average molecular weight is 300 g/mol. The minimum absolute atomic E-state index is 0.00477. The number of methoxy groups -OCH3 is 1. The smallest absolute Gasteiger partial charge is 0.410 e. The number of fused-ring (bicyclic) bond motifs is 2. The van der Waals surface area contributed by atoms with Crippen LogP contribution < -0.4 is 0 Å². The number of nitrogens with zero attached hydrogens (tertiary/aromatic N) is 2. The summed E-state index contributed by atoms with van der Waals surface area (Å²) in [4.78, 5) is 28.2. The third-order valence-corrected chi connectivity index (χ3v) is 4.59. The fourth-order valence-corrected chi connectivity index (χ4v) is 3.50. The van der Waals surface area contributed by atoms with E-state index < -0.39 is 12.1 Å². The first-order valence-electron chi connectivity index (χ1n) is 7.47. The van der Waals surface area contributed by atoms with Crippen molar-refractivity contribution in [2.75, 3.05) is 13.7 Å². The average Bonchev–Trinajstić information content (AvgIpc) is 2.85. The number of hydrogen-bond donors (Lipinski definition) is 0. The fraction of sp³-hybridized carbons (Fsp3) is 0.412. The monoisotopic (exact) mass is 300 g/mol. The van der Waals surface area contributed by atoms with Crippen molar-refractivity contribution in [3.8, 4) is 0 Å². The number of amides is 2. The lowest BCUT2D eigenvalue weighted by molar-refractivity contribution is -0.141. The van der Waals surface area contributed by atoms with Crippen LogP contribution in [0, 0.1) is 5.92 Å².